The van der Waals surface area contributed by atoms with Crippen molar-refractivity contribution in [1.82, 2.24) is 0 Å². The van der Waals surface area contributed by atoms with Crippen LogP contribution >= 0.6 is 0 Å². The van der Waals surface area contributed by atoms with Crippen molar-refractivity contribution in [1.29, 1.82) is 0 Å². The summed E-state index contributed by atoms with van der Waals surface area (Å²) in [5.74, 6) is -3.17. The van der Waals surface area contributed by atoms with Gasteiger partial charge in [0.25, 0.3) is 11.6 Å². The standard InChI is InChI=1S/C10H10N2O7/c13-7(8(14)10(16)17)9(15)11-5-1-3-6(4-2-5)12(18)19/h1-4,7-8,13-14H,(H,11,15)(H,16,17)/p-1/t7-,8-/m1/s1. The average molecular weight is 269 g/mol. The number of non-ortho nitro benzene ring substituents is 1. The number of carbonyl (C=O) groups is 2. The Balaban J connectivity index is 2.71. The van der Waals surface area contributed by atoms with Gasteiger partial charge in [-0.2, -0.15) is 0 Å². The van der Waals surface area contributed by atoms with Crippen LogP contribution in [0.4, 0.5) is 11.4 Å². The van der Waals surface area contributed by atoms with E-state index in [4.69, 9.17) is 10.2 Å². The van der Waals surface area contributed by atoms with Gasteiger partial charge in [-0.25, -0.2) is 0 Å². The molecule has 1 rings (SSSR count). The number of carboxylic acid groups (broad SMARTS) is 1. The maximum atomic E-state index is 11.3. The number of anilines is 1. The third-order valence-electron chi connectivity index (χ3n) is 2.15. The highest BCUT2D eigenvalue weighted by molar-refractivity contribution is 5.97. The highest BCUT2D eigenvalue weighted by atomic mass is 16.6. The minimum absolute atomic E-state index is 0.0974. The van der Waals surface area contributed by atoms with Crippen molar-refractivity contribution in [3.05, 3.63) is 34.4 Å². The second-order valence-corrected chi connectivity index (χ2v) is 3.50. The summed E-state index contributed by atoms with van der Waals surface area (Å²) in [6.07, 6.45) is -4.57. The first kappa shape index (κ1) is 14.5. The predicted molar refractivity (Wildman–Crippen MR) is 58.7 cm³/mol. The fourth-order valence-corrected chi connectivity index (χ4v) is 1.15. The third kappa shape index (κ3) is 3.72. The molecule has 2 atom stereocenters. The molecule has 0 bridgehead atoms. The molecule has 0 saturated carbocycles. The zero-order valence-corrected chi connectivity index (χ0v) is 9.35. The molecule has 1 aromatic rings. The number of aliphatic hydroxyl groups is 2. The van der Waals surface area contributed by atoms with E-state index in [-0.39, 0.29) is 11.4 Å². The van der Waals surface area contributed by atoms with Crippen LogP contribution in [0.3, 0.4) is 0 Å². The Hall–Kier alpha value is -2.52. The number of benzene rings is 1. The number of nitro groups is 1. The van der Waals surface area contributed by atoms with Gasteiger partial charge in [0.15, 0.2) is 6.10 Å². The molecule has 102 valence electrons. The number of carboxylic acids is 1. The Morgan fingerprint density at radius 3 is 2.11 bits per heavy atom. The van der Waals surface area contributed by atoms with Crippen LogP contribution in [0, 0.1) is 10.1 Å². The van der Waals surface area contributed by atoms with Gasteiger partial charge in [0.1, 0.15) is 6.10 Å². The summed E-state index contributed by atoms with van der Waals surface area (Å²) in [5.41, 5.74) is -0.103. The zero-order valence-electron chi connectivity index (χ0n) is 9.35. The summed E-state index contributed by atoms with van der Waals surface area (Å²) < 4.78 is 0. The lowest BCUT2D eigenvalue weighted by molar-refractivity contribution is -0.384. The Labute approximate surface area is 106 Å². The molecule has 0 radical (unpaired) electrons. The lowest BCUT2D eigenvalue weighted by atomic mass is 10.2. The van der Waals surface area contributed by atoms with Crippen molar-refractivity contribution in [2.24, 2.45) is 0 Å². The summed E-state index contributed by atoms with van der Waals surface area (Å²) in [4.78, 5) is 31.3. The number of nitro benzene ring substituents is 1. The van der Waals surface area contributed by atoms with Crippen LogP contribution in [-0.4, -0.2) is 39.2 Å². The predicted octanol–water partition coefficient (Wildman–Crippen LogP) is -1.99. The van der Waals surface area contributed by atoms with Crippen LogP contribution in [0.5, 0.6) is 0 Å². The topological polar surface area (TPSA) is 153 Å². The molecule has 0 heterocycles. The molecule has 1 amide bonds. The van der Waals surface area contributed by atoms with Crippen molar-refractivity contribution in [3.8, 4) is 0 Å². The van der Waals surface area contributed by atoms with E-state index in [0.717, 1.165) is 12.1 Å². The molecule has 1 aromatic carbocycles. The number of aliphatic carboxylic acids is 1. The van der Waals surface area contributed by atoms with Crippen molar-refractivity contribution in [2.45, 2.75) is 12.2 Å². The highest BCUT2D eigenvalue weighted by Crippen LogP contribution is 2.15. The monoisotopic (exact) mass is 269 g/mol. The van der Waals surface area contributed by atoms with Crippen molar-refractivity contribution in [2.75, 3.05) is 5.32 Å². The highest BCUT2D eigenvalue weighted by Gasteiger charge is 2.25. The molecule has 19 heavy (non-hydrogen) atoms. The number of aliphatic hydroxyl groups excluding tert-OH is 2. The molecule has 0 unspecified atom stereocenters. The summed E-state index contributed by atoms with van der Waals surface area (Å²) in [6, 6.07) is 4.59. The van der Waals surface area contributed by atoms with E-state index >= 15 is 0 Å². The van der Waals surface area contributed by atoms with Gasteiger partial charge in [-0.15, -0.1) is 0 Å². The molecule has 0 fully saturated rings. The van der Waals surface area contributed by atoms with E-state index in [1.807, 2.05) is 0 Å². The van der Waals surface area contributed by atoms with Crippen molar-refractivity contribution < 1.29 is 29.8 Å². The first-order chi connectivity index (χ1) is 8.82. The van der Waals surface area contributed by atoms with Gasteiger partial charge in [0.05, 0.1) is 10.9 Å². The molecular formula is C10H9N2O7-. The maximum absolute atomic E-state index is 11.3. The van der Waals surface area contributed by atoms with Crippen LogP contribution in [0.25, 0.3) is 0 Å². The van der Waals surface area contributed by atoms with Crippen molar-refractivity contribution in [3.63, 3.8) is 0 Å². The second-order valence-electron chi connectivity index (χ2n) is 3.50. The van der Waals surface area contributed by atoms with Crippen molar-refractivity contribution >= 4 is 23.3 Å². The Morgan fingerprint density at radius 2 is 1.68 bits per heavy atom. The molecule has 0 spiro atoms. The molecule has 0 saturated heterocycles. The van der Waals surface area contributed by atoms with Gasteiger partial charge in [0.2, 0.25) is 0 Å². The molecule has 9 heteroatoms. The number of amides is 1. The normalized spacial score (nSPS) is 13.4. The van der Waals surface area contributed by atoms with E-state index in [1.54, 1.807) is 0 Å². The van der Waals surface area contributed by atoms with Gasteiger partial charge in [0, 0.05) is 17.8 Å². The van der Waals surface area contributed by atoms with E-state index in [9.17, 15) is 24.8 Å². The fourth-order valence-electron chi connectivity index (χ4n) is 1.15. The SMILES string of the molecule is O=C([O-])[C@H](O)[C@@H](O)C(=O)Nc1ccc([N+](=O)[O-])cc1. The molecular weight excluding hydrogens is 260 g/mol. The lowest BCUT2D eigenvalue weighted by Crippen LogP contribution is -2.48. The molecule has 0 aliphatic heterocycles. The largest absolute Gasteiger partial charge is 0.547 e. The molecule has 9 nitrogen and oxygen atoms in total. The van der Waals surface area contributed by atoms with Gasteiger partial charge < -0.3 is 25.4 Å². The summed E-state index contributed by atoms with van der Waals surface area (Å²) in [7, 11) is 0. The summed E-state index contributed by atoms with van der Waals surface area (Å²) in [6.45, 7) is 0. The zero-order chi connectivity index (χ0) is 14.6. The Kier molecular flexibility index (Phi) is 4.51. The number of hydrogen-bond acceptors (Lipinski definition) is 7. The summed E-state index contributed by atoms with van der Waals surface area (Å²) in [5, 5.41) is 40.8. The van der Waals surface area contributed by atoms with Gasteiger partial charge in [-0.05, 0) is 12.1 Å². The van der Waals surface area contributed by atoms with E-state index < -0.39 is 29.0 Å². The number of nitrogens with one attached hydrogen (secondary N) is 1. The van der Waals surface area contributed by atoms with Crippen LogP contribution in [0.15, 0.2) is 24.3 Å². The smallest absolute Gasteiger partial charge is 0.269 e. The van der Waals surface area contributed by atoms with Crippen LogP contribution in [-0.2, 0) is 9.59 Å². The van der Waals surface area contributed by atoms with Crippen LogP contribution in [0.1, 0.15) is 0 Å². The number of rotatable bonds is 5. The number of hydrogen-bond donors (Lipinski definition) is 3. The van der Waals surface area contributed by atoms with Crippen LogP contribution < -0.4 is 10.4 Å². The average Bonchev–Trinajstić information content (AvgIpc) is 2.37. The number of nitrogens with zero attached hydrogens (tertiary/aromatic N) is 1. The molecule has 0 aromatic heterocycles. The summed E-state index contributed by atoms with van der Waals surface area (Å²) >= 11 is 0. The Morgan fingerprint density at radius 1 is 1.16 bits per heavy atom. The first-order valence-electron chi connectivity index (χ1n) is 4.95. The maximum Gasteiger partial charge on any atom is 0.269 e. The molecule has 0 aliphatic rings. The quantitative estimate of drug-likeness (QED) is 0.413. The Bertz CT molecular complexity index is 499. The van der Waals surface area contributed by atoms with E-state index in [1.165, 1.54) is 12.1 Å². The fraction of sp³-hybridized carbons (Fsp3) is 0.200. The minimum atomic E-state index is -2.36. The van der Waals surface area contributed by atoms with Gasteiger partial charge in [-0.3, -0.25) is 14.9 Å². The number of carbonyl (C=O) groups excluding carboxylic acids is 2. The van der Waals surface area contributed by atoms with Gasteiger partial charge in [-0.1, -0.05) is 0 Å². The third-order valence-corrected chi connectivity index (χ3v) is 2.15. The van der Waals surface area contributed by atoms with E-state index in [2.05, 4.69) is 5.32 Å². The minimum Gasteiger partial charge on any atom is -0.547 e. The van der Waals surface area contributed by atoms with Gasteiger partial charge >= 0.3 is 0 Å². The second kappa shape index (κ2) is 5.89. The molecule has 0 aliphatic carbocycles. The molecule has 3 N–H and O–H groups in total. The first-order valence-corrected chi connectivity index (χ1v) is 4.95. The van der Waals surface area contributed by atoms with Crippen LogP contribution in [0.2, 0.25) is 0 Å². The lowest BCUT2D eigenvalue weighted by Gasteiger charge is -2.17. The van der Waals surface area contributed by atoms with E-state index in [0.29, 0.717) is 0 Å².